The highest BCUT2D eigenvalue weighted by Gasteiger charge is 2.24. The third-order valence-electron chi connectivity index (χ3n) is 6.58. The van der Waals surface area contributed by atoms with Crippen LogP contribution in [0.4, 0.5) is 5.13 Å². The molecule has 0 atom stereocenters. The molecule has 3 heterocycles. The number of nitrogens with one attached hydrogen (secondary N) is 1. The number of likely N-dealkylation sites (tertiary alicyclic amines) is 1. The molecule has 10 heteroatoms. The van der Waals surface area contributed by atoms with Gasteiger partial charge in [-0.05, 0) is 51.8 Å². The van der Waals surface area contributed by atoms with Gasteiger partial charge in [0, 0.05) is 56.6 Å². The summed E-state index contributed by atoms with van der Waals surface area (Å²) in [5.74, 6) is 1.21. The number of piperazine rings is 1. The van der Waals surface area contributed by atoms with E-state index in [4.69, 9.17) is 10.3 Å². The van der Waals surface area contributed by atoms with Crippen LogP contribution in [-0.4, -0.2) is 83.0 Å². The Bertz CT molecular complexity index is 1020. The Balaban J connectivity index is 1.82. The number of likely N-dealkylation sites (N-methyl/N-ethyl adjacent to an activating group) is 1. The van der Waals surface area contributed by atoms with Crippen LogP contribution in [0.25, 0.3) is 0 Å². The SMILES string of the molecule is CCC(=O)N1CCC(SC(/N=C(\C=C(/C)Nc2ncc(C#N)s2)N2CCN(C)CC2)=C(/C)CC)CC1. The topological polar surface area (TPSA) is 87.9 Å². The number of nitriles is 1. The average Bonchev–Trinajstić information content (AvgIpc) is 3.35. The van der Waals surface area contributed by atoms with Crippen LogP contribution in [0.3, 0.4) is 0 Å². The molecule has 2 aliphatic rings. The van der Waals surface area contributed by atoms with Crippen molar-refractivity contribution in [3.8, 4) is 6.07 Å². The number of thioether (sulfide) groups is 1. The Hall–Kier alpha value is -2.35. The second-order valence-electron chi connectivity index (χ2n) is 9.34. The lowest BCUT2D eigenvalue weighted by atomic mass is 10.1. The zero-order valence-electron chi connectivity index (χ0n) is 22.2. The predicted octanol–water partition coefficient (Wildman–Crippen LogP) is 4.75. The maximum absolute atomic E-state index is 12.1. The van der Waals surface area contributed by atoms with Gasteiger partial charge in [0.1, 0.15) is 16.8 Å². The number of carbonyl (C=O) groups is 1. The van der Waals surface area contributed by atoms with Crippen LogP contribution >= 0.6 is 23.1 Å². The van der Waals surface area contributed by atoms with Gasteiger partial charge in [-0.3, -0.25) is 4.79 Å². The number of rotatable bonds is 8. The molecule has 3 rings (SSSR count). The summed E-state index contributed by atoms with van der Waals surface area (Å²) in [6.45, 7) is 13.8. The minimum absolute atomic E-state index is 0.254. The van der Waals surface area contributed by atoms with Crippen molar-refractivity contribution in [2.75, 3.05) is 51.6 Å². The summed E-state index contributed by atoms with van der Waals surface area (Å²) in [5, 5.41) is 14.7. The number of nitrogens with zero attached hydrogens (tertiary/aromatic N) is 6. The molecule has 0 aromatic carbocycles. The molecule has 1 N–H and O–H groups in total. The highest BCUT2D eigenvalue weighted by Crippen LogP contribution is 2.34. The number of amidine groups is 1. The van der Waals surface area contributed by atoms with E-state index in [0.29, 0.717) is 21.7 Å². The average molecular weight is 530 g/mol. The summed E-state index contributed by atoms with van der Waals surface area (Å²) in [4.78, 5) is 29.0. The molecule has 0 aliphatic carbocycles. The number of aliphatic imine (C=N–C) groups is 1. The van der Waals surface area contributed by atoms with Gasteiger partial charge in [-0.1, -0.05) is 25.2 Å². The standard InChI is InChI=1S/C26H39N7OS2/c1-6-19(3)25(35-21-8-10-33(11-9-21)24(34)7-2)30-23(32-14-12-31(5)13-15-32)16-20(4)29-26-28-18-22(17-27)36-26/h16,18,21H,6-15H2,1-5H3,(H,28,29)/b20-16+,25-19-,30-23+. The number of amides is 1. The summed E-state index contributed by atoms with van der Waals surface area (Å²) in [5.41, 5.74) is 2.23. The second-order valence-corrected chi connectivity index (χ2v) is 11.7. The lowest BCUT2D eigenvalue weighted by Gasteiger charge is -2.34. The van der Waals surface area contributed by atoms with Crippen LogP contribution in [0.15, 0.2) is 33.6 Å². The number of piperidine rings is 1. The number of carbonyl (C=O) groups excluding carboxylic acids is 1. The van der Waals surface area contributed by atoms with Crippen molar-refractivity contribution in [3.05, 3.63) is 33.4 Å². The third kappa shape index (κ3) is 8.08. The molecule has 2 aliphatic heterocycles. The molecular weight excluding hydrogens is 490 g/mol. The zero-order valence-corrected chi connectivity index (χ0v) is 23.8. The Morgan fingerprint density at radius 1 is 1.19 bits per heavy atom. The van der Waals surface area contributed by atoms with Crippen molar-refractivity contribution in [1.29, 1.82) is 5.26 Å². The molecule has 0 unspecified atom stereocenters. The van der Waals surface area contributed by atoms with Crippen LogP contribution in [-0.2, 0) is 4.79 Å². The Morgan fingerprint density at radius 2 is 1.89 bits per heavy atom. The first-order chi connectivity index (χ1) is 17.3. The first-order valence-corrected chi connectivity index (χ1v) is 14.5. The third-order valence-corrected chi connectivity index (χ3v) is 8.86. The Kier molecular flexibility index (Phi) is 10.8. The van der Waals surface area contributed by atoms with Gasteiger partial charge in [0.15, 0.2) is 5.13 Å². The molecule has 2 saturated heterocycles. The first kappa shape index (κ1) is 28.2. The number of allylic oxidation sites excluding steroid dienone is 2. The molecule has 0 spiro atoms. The minimum atomic E-state index is 0.254. The van der Waals surface area contributed by atoms with Gasteiger partial charge < -0.3 is 20.0 Å². The number of thiazole rings is 1. The van der Waals surface area contributed by atoms with Crippen LogP contribution in [0.1, 0.15) is 58.3 Å². The zero-order chi connectivity index (χ0) is 26.1. The Morgan fingerprint density at radius 3 is 2.47 bits per heavy atom. The number of anilines is 1. The van der Waals surface area contributed by atoms with Crippen molar-refractivity contribution >= 4 is 40.0 Å². The fourth-order valence-electron chi connectivity index (χ4n) is 4.09. The number of aromatic nitrogens is 1. The first-order valence-electron chi connectivity index (χ1n) is 12.8. The summed E-state index contributed by atoms with van der Waals surface area (Å²) in [6, 6.07) is 2.14. The van der Waals surface area contributed by atoms with Gasteiger partial charge >= 0.3 is 0 Å². The van der Waals surface area contributed by atoms with Crippen molar-refractivity contribution in [2.24, 2.45) is 4.99 Å². The lowest BCUT2D eigenvalue weighted by Crippen LogP contribution is -2.46. The molecule has 1 aromatic rings. The molecule has 8 nitrogen and oxygen atoms in total. The molecule has 0 saturated carbocycles. The van der Waals surface area contributed by atoms with Gasteiger partial charge in [0.2, 0.25) is 5.91 Å². The van der Waals surface area contributed by atoms with E-state index in [0.717, 1.165) is 75.1 Å². The molecular formula is C26H39N7OS2. The largest absolute Gasteiger partial charge is 0.354 e. The van der Waals surface area contributed by atoms with Gasteiger partial charge in [-0.25, -0.2) is 9.98 Å². The van der Waals surface area contributed by atoms with E-state index in [9.17, 15) is 4.79 Å². The van der Waals surface area contributed by atoms with Crippen LogP contribution in [0, 0.1) is 11.3 Å². The van der Waals surface area contributed by atoms with E-state index in [-0.39, 0.29) is 5.91 Å². The quantitative estimate of drug-likeness (QED) is 0.384. The molecule has 2 fully saturated rings. The molecule has 196 valence electrons. The second kappa shape index (κ2) is 13.8. The molecule has 1 aromatic heterocycles. The number of hydrogen-bond acceptors (Lipinski definition) is 8. The summed E-state index contributed by atoms with van der Waals surface area (Å²) in [7, 11) is 2.16. The Labute approximate surface area is 224 Å². The van der Waals surface area contributed by atoms with Crippen molar-refractivity contribution in [1.82, 2.24) is 19.7 Å². The van der Waals surface area contributed by atoms with E-state index in [1.54, 1.807) is 6.20 Å². The van der Waals surface area contributed by atoms with Gasteiger partial charge in [-0.15, -0.1) is 11.8 Å². The van der Waals surface area contributed by atoms with Gasteiger partial charge in [0.05, 0.1) is 11.2 Å². The van der Waals surface area contributed by atoms with Crippen molar-refractivity contribution in [2.45, 2.75) is 58.6 Å². The van der Waals surface area contributed by atoms with Crippen LogP contribution < -0.4 is 5.32 Å². The summed E-state index contributed by atoms with van der Waals surface area (Å²) < 4.78 is 0. The van der Waals surface area contributed by atoms with Crippen molar-refractivity contribution in [3.63, 3.8) is 0 Å². The minimum Gasteiger partial charge on any atom is -0.354 e. The predicted molar refractivity (Wildman–Crippen MR) is 151 cm³/mol. The summed E-state index contributed by atoms with van der Waals surface area (Å²) in [6.07, 6.45) is 7.22. The van der Waals surface area contributed by atoms with Crippen molar-refractivity contribution < 1.29 is 4.79 Å². The smallest absolute Gasteiger partial charge is 0.222 e. The van der Waals surface area contributed by atoms with E-state index in [1.165, 1.54) is 16.9 Å². The van der Waals surface area contributed by atoms with E-state index < -0.39 is 0 Å². The molecule has 1 amide bonds. The highest BCUT2D eigenvalue weighted by atomic mass is 32.2. The fraction of sp³-hybridized carbons (Fsp3) is 0.615. The van der Waals surface area contributed by atoms with E-state index >= 15 is 0 Å². The van der Waals surface area contributed by atoms with Gasteiger partial charge in [-0.2, -0.15) is 5.26 Å². The maximum Gasteiger partial charge on any atom is 0.222 e. The highest BCUT2D eigenvalue weighted by molar-refractivity contribution is 8.03. The van der Waals surface area contributed by atoms with Crippen LogP contribution in [0.2, 0.25) is 0 Å². The normalized spacial score (nSPS) is 19.2. The van der Waals surface area contributed by atoms with E-state index in [1.807, 2.05) is 30.5 Å². The lowest BCUT2D eigenvalue weighted by molar-refractivity contribution is -0.131. The molecule has 0 bridgehead atoms. The van der Waals surface area contributed by atoms with Crippen LogP contribution in [0.5, 0.6) is 0 Å². The summed E-state index contributed by atoms with van der Waals surface area (Å²) >= 11 is 3.22. The van der Waals surface area contributed by atoms with Gasteiger partial charge in [0.25, 0.3) is 0 Å². The molecule has 0 radical (unpaired) electrons. The fourth-order valence-corrected chi connectivity index (χ4v) is 6.02. The monoisotopic (exact) mass is 529 g/mol. The maximum atomic E-state index is 12.1. The molecule has 36 heavy (non-hydrogen) atoms. The van der Waals surface area contributed by atoms with E-state index in [2.05, 4.69) is 53.1 Å². The number of hydrogen-bond donors (Lipinski definition) is 1.